The highest BCUT2D eigenvalue weighted by Gasteiger charge is 2.32. The molecule has 0 bridgehead atoms. The Balaban J connectivity index is 1.80. The Hall–Kier alpha value is -1.61. The third kappa shape index (κ3) is 4.03. The lowest BCUT2D eigenvalue weighted by molar-refractivity contribution is -0.0444. The van der Waals surface area contributed by atoms with Crippen LogP contribution < -0.4 is 9.46 Å². The van der Waals surface area contributed by atoms with Gasteiger partial charge in [0.05, 0.1) is 24.9 Å². The summed E-state index contributed by atoms with van der Waals surface area (Å²) < 4.78 is 46.7. The van der Waals surface area contributed by atoms with E-state index in [-0.39, 0.29) is 12.2 Å². The summed E-state index contributed by atoms with van der Waals surface area (Å²) in [7, 11) is -3.64. The normalized spacial score (nSPS) is 23.2. The van der Waals surface area contributed by atoms with E-state index < -0.39 is 16.3 Å². The highest BCUT2D eigenvalue weighted by atomic mass is 32.2. The number of furan rings is 1. The monoisotopic (exact) mass is 382 g/mol. The lowest BCUT2D eigenvalue weighted by Crippen LogP contribution is -2.52. The molecule has 0 radical (unpaired) electrons. The maximum absolute atomic E-state index is 12.7. The minimum atomic E-state index is -3.64. The van der Waals surface area contributed by atoms with Gasteiger partial charge in [0.25, 0.3) is 10.2 Å². The van der Waals surface area contributed by atoms with Gasteiger partial charge in [-0.25, -0.2) is 0 Å². The van der Waals surface area contributed by atoms with Crippen molar-refractivity contribution in [2.24, 2.45) is 0 Å². The Bertz CT molecular complexity index is 854. The zero-order chi connectivity index (χ0) is 18.9. The summed E-state index contributed by atoms with van der Waals surface area (Å²) in [6.45, 7) is 8.62. The molecule has 1 N–H and O–H groups in total. The number of hydrogen-bond acceptors (Lipinski definition) is 5. The number of nitrogens with one attached hydrogen (secondary N) is 1. The van der Waals surface area contributed by atoms with Crippen LogP contribution in [0.3, 0.4) is 0 Å². The minimum Gasteiger partial charge on any atom is -0.490 e. The number of fused-ring (bicyclic) bond motifs is 1. The van der Waals surface area contributed by atoms with Gasteiger partial charge in [-0.3, -0.25) is 0 Å². The van der Waals surface area contributed by atoms with E-state index in [9.17, 15) is 8.42 Å². The van der Waals surface area contributed by atoms with E-state index in [1.807, 2.05) is 45.0 Å². The molecule has 0 saturated carbocycles. The lowest BCUT2D eigenvalue weighted by Gasteiger charge is -2.34. The molecule has 3 atom stereocenters. The third-order valence-corrected chi connectivity index (χ3v) is 5.93. The van der Waals surface area contributed by atoms with E-state index >= 15 is 0 Å². The number of nitrogens with zero attached hydrogens (tertiary/aromatic N) is 1. The van der Waals surface area contributed by atoms with Gasteiger partial charge in [-0.2, -0.15) is 17.4 Å². The van der Waals surface area contributed by atoms with Crippen molar-refractivity contribution in [3.8, 4) is 5.75 Å². The van der Waals surface area contributed by atoms with Crippen LogP contribution in [0.25, 0.3) is 11.0 Å². The Morgan fingerprint density at radius 1 is 1.31 bits per heavy atom. The highest BCUT2D eigenvalue weighted by Crippen LogP contribution is 2.31. The maximum atomic E-state index is 12.7. The van der Waals surface area contributed by atoms with Gasteiger partial charge in [-0.15, -0.1) is 0 Å². The van der Waals surface area contributed by atoms with Crippen LogP contribution in [0.15, 0.2) is 28.7 Å². The molecule has 0 aliphatic carbocycles. The van der Waals surface area contributed by atoms with Crippen LogP contribution in [-0.4, -0.2) is 44.6 Å². The fourth-order valence-corrected chi connectivity index (χ4v) is 4.75. The van der Waals surface area contributed by atoms with Gasteiger partial charge in [0.1, 0.15) is 5.76 Å². The van der Waals surface area contributed by atoms with Crippen LogP contribution in [0, 0.1) is 0 Å². The van der Waals surface area contributed by atoms with Crippen molar-refractivity contribution in [3.05, 3.63) is 30.0 Å². The molecule has 26 heavy (non-hydrogen) atoms. The predicted molar refractivity (Wildman–Crippen MR) is 99.4 cm³/mol. The lowest BCUT2D eigenvalue weighted by atomic mass is 10.2. The molecule has 2 heterocycles. The molecule has 1 fully saturated rings. The van der Waals surface area contributed by atoms with Gasteiger partial charge in [-0.1, -0.05) is 12.1 Å². The van der Waals surface area contributed by atoms with Crippen molar-refractivity contribution in [2.45, 2.75) is 45.9 Å². The average Bonchev–Trinajstić information content (AvgIpc) is 2.99. The van der Waals surface area contributed by atoms with Crippen LogP contribution in [0.2, 0.25) is 0 Å². The highest BCUT2D eigenvalue weighted by molar-refractivity contribution is 7.87. The first-order chi connectivity index (χ1) is 12.3. The summed E-state index contributed by atoms with van der Waals surface area (Å²) in [5.74, 6) is 1.20. The predicted octanol–water partition coefficient (Wildman–Crippen LogP) is 2.84. The van der Waals surface area contributed by atoms with Crippen LogP contribution >= 0.6 is 0 Å². The summed E-state index contributed by atoms with van der Waals surface area (Å²) in [6, 6.07) is 6.98. The summed E-state index contributed by atoms with van der Waals surface area (Å²) in [5, 5.41) is 0.880. The van der Waals surface area contributed by atoms with Crippen molar-refractivity contribution < 1.29 is 22.3 Å². The van der Waals surface area contributed by atoms with Gasteiger partial charge < -0.3 is 13.9 Å². The SMILES string of the molecule is CCOc1cccc2cc([C@H](C)NS(=O)(=O)N3C[C@@H](C)O[C@H](C)C3)oc12. The first-order valence-electron chi connectivity index (χ1n) is 8.88. The molecular formula is C18H26N2O5S. The average molecular weight is 382 g/mol. The summed E-state index contributed by atoms with van der Waals surface area (Å²) in [4.78, 5) is 0. The molecule has 0 unspecified atom stereocenters. The van der Waals surface area contributed by atoms with Crippen molar-refractivity contribution in [1.82, 2.24) is 9.03 Å². The van der Waals surface area contributed by atoms with E-state index in [1.165, 1.54) is 4.31 Å². The molecule has 1 aromatic heterocycles. The number of para-hydroxylation sites is 1. The van der Waals surface area contributed by atoms with Crippen LogP contribution in [-0.2, 0) is 14.9 Å². The molecule has 0 amide bonds. The number of ether oxygens (including phenoxy) is 2. The fourth-order valence-electron chi connectivity index (χ4n) is 3.22. The molecule has 7 nitrogen and oxygen atoms in total. The second-order valence-electron chi connectivity index (χ2n) is 6.68. The summed E-state index contributed by atoms with van der Waals surface area (Å²) in [5.41, 5.74) is 0.629. The first-order valence-corrected chi connectivity index (χ1v) is 10.3. The van der Waals surface area contributed by atoms with Crippen molar-refractivity contribution in [1.29, 1.82) is 0 Å². The molecule has 3 rings (SSSR count). The van der Waals surface area contributed by atoms with Crippen molar-refractivity contribution in [2.75, 3.05) is 19.7 Å². The standard InChI is InChI=1S/C18H26N2O5S/c1-5-23-16-8-6-7-15-9-17(25-18(15)16)14(4)19-26(21,22)20-10-12(2)24-13(3)11-20/h6-9,12-14,19H,5,10-11H2,1-4H3/t12-,13-,14+/m1/s1. The molecular weight excluding hydrogens is 356 g/mol. The Labute approximate surface area is 154 Å². The van der Waals surface area contributed by atoms with E-state index in [1.54, 1.807) is 6.92 Å². The number of hydrogen-bond donors (Lipinski definition) is 1. The van der Waals surface area contributed by atoms with Crippen LogP contribution in [0.4, 0.5) is 0 Å². The Morgan fingerprint density at radius 3 is 2.65 bits per heavy atom. The zero-order valence-electron chi connectivity index (χ0n) is 15.6. The molecule has 1 aliphatic heterocycles. The quantitative estimate of drug-likeness (QED) is 0.831. The van der Waals surface area contributed by atoms with Gasteiger partial charge in [0, 0.05) is 18.5 Å². The van der Waals surface area contributed by atoms with Crippen LogP contribution in [0.1, 0.15) is 39.5 Å². The molecule has 2 aromatic rings. The Kier molecular flexibility index (Phi) is 5.57. The second kappa shape index (κ2) is 7.56. The molecule has 1 saturated heterocycles. The van der Waals surface area contributed by atoms with Gasteiger partial charge in [0.15, 0.2) is 11.3 Å². The summed E-state index contributed by atoms with van der Waals surface area (Å²) >= 11 is 0. The van der Waals surface area contributed by atoms with E-state index in [2.05, 4.69) is 4.72 Å². The van der Waals surface area contributed by atoms with Gasteiger partial charge >= 0.3 is 0 Å². The third-order valence-electron chi connectivity index (χ3n) is 4.31. The number of benzene rings is 1. The second-order valence-corrected chi connectivity index (χ2v) is 8.38. The maximum Gasteiger partial charge on any atom is 0.280 e. The number of morpholine rings is 1. The first kappa shape index (κ1) is 19.2. The fraction of sp³-hybridized carbons (Fsp3) is 0.556. The van der Waals surface area contributed by atoms with Gasteiger partial charge in [0.2, 0.25) is 0 Å². The minimum absolute atomic E-state index is 0.134. The van der Waals surface area contributed by atoms with Crippen molar-refractivity contribution in [3.63, 3.8) is 0 Å². The van der Waals surface area contributed by atoms with Crippen molar-refractivity contribution >= 4 is 21.2 Å². The summed E-state index contributed by atoms with van der Waals surface area (Å²) in [6.07, 6.45) is -0.267. The van der Waals surface area contributed by atoms with E-state index in [4.69, 9.17) is 13.9 Å². The largest absolute Gasteiger partial charge is 0.490 e. The Morgan fingerprint density at radius 2 is 2.00 bits per heavy atom. The molecule has 0 spiro atoms. The van der Waals surface area contributed by atoms with Gasteiger partial charge in [-0.05, 0) is 39.8 Å². The topological polar surface area (TPSA) is 81.0 Å². The van der Waals surface area contributed by atoms with Crippen LogP contribution in [0.5, 0.6) is 5.75 Å². The van der Waals surface area contributed by atoms with E-state index in [0.717, 1.165) is 5.39 Å². The molecule has 1 aromatic carbocycles. The molecule has 8 heteroatoms. The molecule has 144 valence electrons. The number of rotatable bonds is 6. The smallest absolute Gasteiger partial charge is 0.280 e. The zero-order valence-corrected chi connectivity index (χ0v) is 16.4. The van der Waals surface area contributed by atoms with E-state index in [0.29, 0.717) is 36.8 Å². The molecule has 1 aliphatic rings.